The van der Waals surface area contributed by atoms with Gasteiger partial charge in [0, 0.05) is 29.1 Å². The van der Waals surface area contributed by atoms with Gasteiger partial charge in [0.05, 0.1) is 18.8 Å². The molecule has 0 aliphatic carbocycles. The minimum atomic E-state index is -0.296. The number of nitrogens with one attached hydrogen (secondary N) is 1. The molecule has 9 heteroatoms. The second-order valence-corrected chi connectivity index (χ2v) is 9.23. The Balaban J connectivity index is 1.46. The topological polar surface area (TPSA) is 97.6 Å². The van der Waals surface area contributed by atoms with E-state index in [-0.39, 0.29) is 11.8 Å². The normalized spacial score (nSPS) is 13.6. The summed E-state index contributed by atoms with van der Waals surface area (Å²) >= 11 is 1.41. The summed E-state index contributed by atoms with van der Waals surface area (Å²) in [5, 5.41) is 7.33. The smallest absolute Gasteiger partial charge is 0.257 e. The van der Waals surface area contributed by atoms with Crippen LogP contribution in [-0.2, 0) is 4.74 Å². The monoisotopic (exact) mass is 488 g/mol. The number of hydrogen-bond donors (Lipinski definition) is 1. The Hall–Kier alpha value is -3.82. The molecule has 0 saturated carbocycles. The summed E-state index contributed by atoms with van der Waals surface area (Å²) in [7, 11) is 0. The van der Waals surface area contributed by atoms with Crippen LogP contribution in [0.5, 0.6) is 0 Å². The van der Waals surface area contributed by atoms with Crippen LogP contribution in [0.4, 0.5) is 5.00 Å². The van der Waals surface area contributed by atoms with Gasteiger partial charge in [0.15, 0.2) is 5.82 Å². The standard InChI is InChI=1S/C26H24N4O4S/c1-16-21(26(32)30-12-14-33-15-13-30)25(35-22(16)18-6-4-3-5-7-18)28-23(31)19-8-10-20(11-9-19)24-27-17(2)29-34-24/h3-11H,12-15H2,1-2H3,(H,28,31). The number of rotatable bonds is 5. The van der Waals surface area contributed by atoms with E-state index in [4.69, 9.17) is 9.26 Å². The molecule has 1 aliphatic heterocycles. The zero-order valence-corrected chi connectivity index (χ0v) is 20.2. The molecule has 2 amide bonds. The first-order valence-corrected chi connectivity index (χ1v) is 12.1. The number of morpholine rings is 1. The van der Waals surface area contributed by atoms with Crippen molar-refractivity contribution in [1.82, 2.24) is 15.0 Å². The fourth-order valence-electron chi connectivity index (χ4n) is 4.00. The predicted molar refractivity (Wildman–Crippen MR) is 134 cm³/mol. The van der Waals surface area contributed by atoms with Gasteiger partial charge in [-0.3, -0.25) is 9.59 Å². The highest BCUT2D eigenvalue weighted by Crippen LogP contribution is 2.40. The number of aryl methyl sites for hydroxylation is 1. The number of ether oxygens (including phenoxy) is 1. The summed E-state index contributed by atoms with van der Waals surface area (Å²) in [6, 6.07) is 16.8. The number of carbonyl (C=O) groups is 2. The maximum absolute atomic E-state index is 13.5. The van der Waals surface area contributed by atoms with Crippen molar-refractivity contribution in [3.8, 4) is 21.9 Å². The van der Waals surface area contributed by atoms with Gasteiger partial charge < -0.3 is 19.5 Å². The Bertz CT molecular complexity index is 1360. The number of thiophene rings is 1. The molecule has 0 unspecified atom stereocenters. The minimum Gasteiger partial charge on any atom is -0.378 e. The number of aromatic nitrogens is 2. The van der Waals surface area contributed by atoms with Crippen molar-refractivity contribution >= 4 is 28.2 Å². The van der Waals surface area contributed by atoms with Gasteiger partial charge in [-0.1, -0.05) is 35.5 Å². The first-order valence-electron chi connectivity index (χ1n) is 11.3. The maximum atomic E-state index is 13.5. The van der Waals surface area contributed by atoms with Crippen LogP contribution < -0.4 is 5.32 Å². The van der Waals surface area contributed by atoms with E-state index in [2.05, 4.69) is 15.5 Å². The van der Waals surface area contributed by atoms with Crippen LogP contribution >= 0.6 is 11.3 Å². The van der Waals surface area contributed by atoms with Crippen molar-refractivity contribution in [2.24, 2.45) is 0 Å². The van der Waals surface area contributed by atoms with Crippen molar-refractivity contribution in [3.05, 3.63) is 77.1 Å². The largest absolute Gasteiger partial charge is 0.378 e. The molecular weight excluding hydrogens is 464 g/mol. The first-order chi connectivity index (χ1) is 17.0. The van der Waals surface area contributed by atoms with E-state index in [1.165, 1.54) is 11.3 Å². The number of nitrogens with zero attached hydrogens (tertiary/aromatic N) is 3. The second-order valence-electron chi connectivity index (χ2n) is 8.21. The average molecular weight is 489 g/mol. The zero-order chi connectivity index (χ0) is 24.4. The highest BCUT2D eigenvalue weighted by Gasteiger charge is 2.28. The molecule has 2 aromatic heterocycles. The van der Waals surface area contributed by atoms with Crippen LogP contribution in [0.2, 0.25) is 0 Å². The Labute approximate surface area is 206 Å². The summed E-state index contributed by atoms with van der Waals surface area (Å²) in [4.78, 5) is 33.6. The van der Waals surface area contributed by atoms with Crippen molar-refractivity contribution in [1.29, 1.82) is 0 Å². The first kappa shape index (κ1) is 22.9. The lowest BCUT2D eigenvalue weighted by Crippen LogP contribution is -2.41. The molecule has 178 valence electrons. The summed E-state index contributed by atoms with van der Waals surface area (Å²) in [6.45, 7) is 5.75. The number of benzene rings is 2. The molecule has 1 fully saturated rings. The third-order valence-corrected chi connectivity index (χ3v) is 7.10. The third kappa shape index (κ3) is 4.73. The number of carbonyl (C=O) groups excluding carboxylic acids is 2. The van der Waals surface area contributed by atoms with Gasteiger partial charge in [-0.15, -0.1) is 11.3 Å². The molecular formula is C26H24N4O4S. The van der Waals surface area contributed by atoms with E-state index in [0.717, 1.165) is 21.6 Å². The van der Waals surface area contributed by atoms with Crippen LogP contribution in [0, 0.1) is 13.8 Å². The summed E-state index contributed by atoms with van der Waals surface area (Å²) in [5.41, 5.74) is 3.58. The van der Waals surface area contributed by atoms with E-state index in [0.29, 0.717) is 54.1 Å². The maximum Gasteiger partial charge on any atom is 0.257 e. The lowest BCUT2D eigenvalue weighted by molar-refractivity contribution is 0.0303. The predicted octanol–water partition coefficient (Wildman–Crippen LogP) is 4.81. The molecule has 3 heterocycles. The van der Waals surface area contributed by atoms with Crippen molar-refractivity contribution < 1.29 is 18.8 Å². The lowest BCUT2D eigenvalue weighted by atomic mass is 10.1. The van der Waals surface area contributed by atoms with Gasteiger partial charge in [-0.2, -0.15) is 4.98 Å². The molecule has 35 heavy (non-hydrogen) atoms. The molecule has 0 atom stereocenters. The third-order valence-electron chi connectivity index (χ3n) is 5.84. The SMILES string of the molecule is Cc1noc(-c2ccc(C(=O)Nc3sc(-c4ccccc4)c(C)c3C(=O)N3CCOCC3)cc2)n1. The van der Waals surface area contributed by atoms with E-state index in [1.807, 2.05) is 37.3 Å². The molecule has 1 N–H and O–H groups in total. The van der Waals surface area contributed by atoms with Gasteiger partial charge in [-0.05, 0) is 49.2 Å². The molecule has 0 radical (unpaired) electrons. The van der Waals surface area contributed by atoms with Crippen LogP contribution in [0.15, 0.2) is 59.1 Å². The number of amides is 2. The molecule has 4 aromatic rings. The summed E-state index contributed by atoms with van der Waals surface area (Å²) in [5.74, 6) is 0.549. The van der Waals surface area contributed by atoms with Gasteiger partial charge in [-0.25, -0.2) is 0 Å². The van der Waals surface area contributed by atoms with E-state index in [9.17, 15) is 9.59 Å². The van der Waals surface area contributed by atoms with Crippen LogP contribution in [0.3, 0.4) is 0 Å². The van der Waals surface area contributed by atoms with Crippen molar-refractivity contribution in [2.45, 2.75) is 13.8 Å². The quantitative estimate of drug-likeness (QED) is 0.433. The minimum absolute atomic E-state index is 0.0957. The van der Waals surface area contributed by atoms with Gasteiger partial charge in [0.1, 0.15) is 5.00 Å². The van der Waals surface area contributed by atoms with E-state index < -0.39 is 0 Å². The van der Waals surface area contributed by atoms with E-state index >= 15 is 0 Å². The van der Waals surface area contributed by atoms with Crippen LogP contribution in [0.1, 0.15) is 32.1 Å². The van der Waals surface area contributed by atoms with Gasteiger partial charge >= 0.3 is 0 Å². The Kier molecular flexibility index (Phi) is 6.43. The fraction of sp³-hybridized carbons (Fsp3) is 0.231. The average Bonchev–Trinajstić information content (AvgIpc) is 3.47. The molecule has 1 aliphatic rings. The van der Waals surface area contributed by atoms with Crippen LogP contribution in [-0.4, -0.2) is 53.2 Å². The Morgan fingerprint density at radius 3 is 2.34 bits per heavy atom. The molecule has 5 rings (SSSR count). The van der Waals surface area contributed by atoms with Crippen molar-refractivity contribution in [2.75, 3.05) is 31.6 Å². The molecule has 0 bridgehead atoms. The molecule has 8 nitrogen and oxygen atoms in total. The second kappa shape index (κ2) is 9.81. The Morgan fingerprint density at radius 2 is 1.69 bits per heavy atom. The van der Waals surface area contributed by atoms with Gasteiger partial charge in [0.2, 0.25) is 0 Å². The summed E-state index contributed by atoms with van der Waals surface area (Å²) < 4.78 is 10.6. The highest BCUT2D eigenvalue weighted by atomic mass is 32.1. The highest BCUT2D eigenvalue weighted by molar-refractivity contribution is 7.20. The molecule has 1 saturated heterocycles. The lowest BCUT2D eigenvalue weighted by Gasteiger charge is -2.27. The fourth-order valence-corrected chi connectivity index (χ4v) is 5.20. The number of anilines is 1. The van der Waals surface area contributed by atoms with Crippen LogP contribution in [0.25, 0.3) is 21.9 Å². The summed E-state index contributed by atoms with van der Waals surface area (Å²) in [6.07, 6.45) is 0. The van der Waals surface area contributed by atoms with E-state index in [1.54, 1.807) is 36.1 Å². The number of hydrogen-bond acceptors (Lipinski definition) is 7. The molecule has 0 spiro atoms. The zero-order valence-electron chi connectivity index (χ0n) is 19.4. The van der Waals surface area contributed by atoms with Gasteiger partial charge in [0.25, 0.3) is 17.7 Å². The molecule has 2 aromatic carbocycles. The van der Waals surface area contributed by atoms with Crippen molar-refractivity contribution in [3.63, 3.8) is 0 Å². The Morgan fingerprint density at radius 1 is 0.971 bits per heavy atom.